The van der Waals surface area contributed by atoms with Crippen molar-refractivity contribution in [2.75, 3.05) is 38.2 Å². The Labute approximate surface area is 108 Å². The van der Waals surface area contributed by atoms with Gasteiger partial charge in [-0.2, -0.15) is 0 Å². The standard InChI is InChI=1S/C14H20N2O2/c1-11(10-17)12-3-5-13(6-4-12)16-8-7-15(2)9-14(16)18/h3-6,11,17H,7-10H2,1-2H3. The van der Waals surface area contributed by atoms with Crippen molar-refractivity contribution in [2.45, 2.75) is 12.8 Å². The van der Waals surface area contributed by atoms with E-state index < -0.39 is 0 Å². The summed E-state index contributed by atoms with van der Waals surface area (Å²) in [6.45, 7) is 4.25. The first-order chi connectivity index (χ1) is 8.61. The maximum Gasteiger partial charge on any atom is 0.241 e. The molecule has 1 heterocycles. The molecule has 1 aliphatic heterocycles. The van der Waals surface area contributed by atoms with Gasteiger partial charge in [-0.25, -0.2) is 0 Å². The molecule has 0 aliphatic carbocycles. The number of aliphatic hydroxyl groups is 1. The molecule has 0 radical (unpaired) electrons. The second kappa shape index (κ2) is 5.50. The summed E-state index contributed by atoms with van der Waals surface area (Å²) in [6.07, 6.45) is 0. The molecule has 0 aromatic heterocycles. The smallest absolute Gasteiger partial charge is 0.241 e. The number of anilines is 1. The van der Waals surface area contributed by atoms with Crippen LogP contribution in [0.4, 0.5) is 5.69 Å². The molecule has 1 N–H and O–H groups in total. The van der Waals surface area contributed by atoms with E-state index in [1.807, 2.05) is 48.0 Å². The highest BCUT2D eigenvalue weighted by Gasteiger charge is 2.22. The molecule has 18 heavy (non-hydrogen) atoms. The van der Waals surface area contributed by atoms with Crippen LogP contribution in [0.1, 0.15) is 18.4 Å². The van der Waals surface area contributed by atoms with Gasteiger partial charge in [-0.05, 0) is 24.7 Å². The molecule has 1 unspecified atom stereocenters. The van der Waals surface area contributed by atoms with Crippen LogP contribution in [-0.2, 0) is 4.79 Å². The summed E-state index contributed by atoms with van der Waals surface area (Å²) >= 11 is 0. The summed E-state index contributed by atoms with van der Waals surface area (Å²) in [6, 6.07) is 7.90. The van der Waals surface area contributed by atoms with Gasteiger partial charge in [0.15, 0.2) is 0 Å². The van der Waals surface area contributed by atoms with Crippen LogP contribution in [0.3, 0.4) is 0 Å². The van der Waals surface area contributed by atoms with Gasteiger partial charge < -0.3 is 10.0 Å². The Morgan fingerprint density at radius 3 is 2.50 bits per heavy atom. The quantitative estimate of drug-likeness (QED) is 0.870. The molecule has 0 saturated carbocycles. The highest BCUT2D eigenvalue weighted by molar-refractivity contribution is 5.95. The predicted molar refractivity (Wildman–Crippen MR) is 71.8 cm³/mol. The van der Waals surface area contributed by atoms with E-state index in [9.17, 15) is 4.79 Å². The van der Waals surface area contributed by atoms with Gasteiger partial charge in [-0.15, -0.1) is 0 Å². The lowest BCUT2D eigenvalue weighted by Gasteiger charge is -2.32. The molecule has 0 bridgehead atoms. The Morgan fingerprint density at radius 1 is 1.28 bits per heavy atom. The minimum Gasteiger partial charge on any atom is -0.396 e. The van der Waals surface area contributed by atoms with E-state index >= 15 is 0 Å². The SMILES string of the molecule is CC(CO)c1ccc(N2CCN(C)CC2=O)cc1. The molecule has 0 spiro atoms. The number of likely N-dealkylation sites (N-methyl/N-ethyl adjacent to an activating group) is 1. The number of amides is 1. The van der Waals surface area contributed by atoms with Gasteiger partial charge in [0.25, 0.3) is 0 Å². The number of carbonyl (C=O) groups is 1. The fourth-order valence-corrected chi connectivity index (χ4v) is 2.15. The fraction of sp³-hybridized carbons (Fsp3) is 0.500. The third kappa shape index (κ3) is 2.71. The number of piperazine rings is 1. The lowest BCUT2D eigenvalue weighted by atomic mass is 10.0. The number of nitrogens with zero attached hydrogens (tertiary/aromatic N) is 2. The topological polar surface area (TPSA) is 43.8 Å². The first-order valence-electron chi connectivity index (χ1n) is 6.31. The number of rotatable bonds is 3. The van der Waals surface area contributed by atoms with Gasteiger partial charge >= 0.3 is 0 Å². The van der Waals surface area contributed by atoms with Gasteiger partial charge in [0, 0.05) is 31.3 Å². The average molecular weight is 248 g/mol. The second-order valence-electron chi connectivity index (χ2n) is 4.96. The Morgan fingerprint density at radius 2 is 1.94 bits per heavy atom. The maximum atomic E-state index is 11.9. The summed E-state index contributed by atoms with van der Waals surface area (Å²) in [4.78, 5) is 15.8. The van der Waals surface area contributed by atoms with E-state index in [2.05, 4.69) is 0 Å². The van der Waals surface area contributed by atoms with Crippen LogP contribution in [0, 0.1) is 0 Å². The van der Waals surface area contributed by atoms with E-state index in [1.165, 1.54) is 0 Å². The second-order valence-corrected chi connectivity index (χ2v) is 4.96. The van der Waals surface area contributed by atoms with E-state index in [-0.39, 0.29) is 18.4 Å². The first kappa shape index (κ1) is 13.1. The van der Waals surface area contributed by atoms with Crippen molar-refractivity contribution in [1.29, 1.82) is 0 Å². The first-order valence-corrected chi connectivity index (χ1v) is 6.31. The zero-order valence-corrected chi connectivity index (χ0v) is 11.0. The number of carbonyl (C=O) groups excluding carboxylic acids is 1. The van der Waals surface area contributed by atoms with Crippen LogP contribution < -0.4 is 4.90 Å². The van der Waals surface area contributed by atoms with Gasteiger partial charge in [0.1, 0.15) is 0 Å². The van der Waals surface area contributed by atoms with Gasteiger partial charge in [-0.1, -0.05) is 19.1 Å². The summed E-state index contributed by atoms with van der Waals surface area (Å²) < 4.78 is 0. The van der Waals surface area contributed by atoms with Crippen molar-refractivity contribution in [3.8, 4) is 0 Å². The Kier molecular flexibility index (Phi) is 3.99. The Balaban J connectivity index is 2.12. The minimum atomic E-state index is 0.141. The molecule has 4 nitrogen and oxygen atoms in total. The molecule has 1 atom stereocenters. The van der Waals surface area contributed by atoms with Crippen LogP contribution >= 0.6 is 0 Å². The van der Waals surface area contributed by atoms with Gasteiger partial charge in [0.05, 0.1) is 6.54 Å². The summed E-state index contributed by atoms with van der Waals surface area (Å²) in [5.74, 6) is 0.286. The average Bonchev–Trinajstić information content (AvgIpc) is 2.38. The molecule has 1 aliphatic rings. The Bertz CT molecular complexity index is 416. The Hall–Kier alpha value is -1.39. The summed E-state index contributed by atoms with van der Waals surface area (Å²) in [5, 5.41) is 9.11. The molecule has 2 rings (SSSR count). The maximum absolute atomic E-state index is 11.9. The lowest BCUT2D eigenvalue weighted by molar-refractivity contribution is -0.120. The van der Waals surface area contributed by atoms with Crippen LogP contribution in [-0.4, -0.2) is 49.2 Å². The molecule has 1 aromatic rings. The molecule has 4 heteroatoms. The number of hydrogen-bond acceptors (Lipinski definition) is 3. The van der Waals surface area contributed by atoms with Crippen molar-refractivity contribution in [1.82, 2.24) is 4.90 Å². The summed E-state index contributed by atoms with van der Waals surface area (Å²) in [5.41, 5.74) is 2.05. The lowest BCUT2D eigenvalue weighted by Crippen LogP contribution is -2.48. The zero-order valence-electron chi connectivity index (χ0n) is 11.0. The zero-order chi connectivity index (χ0) is 13.1. The molecular weight excluding hydrogens is 228 g/mol. The van der Waals surface area contributed by atoms with Crippen molar-refractivity contribution < 1.29 is 9.90 Å². The summed E-state index contributed by atoms with van der Waals surface area (Å²) in [7, 11) is 1.96. The number of hydrogen-bond donors (Lipinski definition) is 1. The molecule has 1 amide bonds. The van der Waals surface area contributed by atoms with E-state index in [0.717, 1.165) is 24.3 Å². The molecule has 98 valence electrons. The van der Waals surface area contributed by atoms with Crippen LogP contribution in [0.2, 0.25) is 0 Å². The normalized spacial score (nSPS) is 19.1. The third-order valence-corrected chi connectivity index (χ3v) is 3.46. The third-order valence-electron chi connectivity index (χ3n) is 3.46. The highest BCUT2D eigenvalue weighted by atomic mass is 16.3. The van der Waals surface area contributed by atoms with Crippen molar-refractivity contribution in [3.05, 3.63) is 29.8 Å². The van der Waals surface area contributed by atoms with Gasteiger partial charge in [-0.3, -0.25) is 9.69 Å². The van der Waals surface area contributed by atoms with Crippen LogP contribution in [0.15, 0.2) is 24.3 Å². The highest BCUT2D eigenvalue weighted by Crippen LogP contribution is 2.21. The van der Waals surface area contributed by atoms with Gasteiger partial charge in [0.2, 0.25) is 5.91 Å². The predicted octanol–water partition coefficient (Wildman–Crippen LogP) is 1.06. The van der Waals surface area contributed by atoms with Crippen molar-refractivity contribution in [3.63, 3.8) is 0 Å². The monoisotopic (exact) mass is 248 g/mol. The molecule has 1 saturated heterocycles. The van der Waals surface area contributed by atoms with Crippen molar-refractivity contribution >= 4 is 11.6 Å². The fourth-order valence-electron chi connectivity index (χ4n) is 2.15. The molecular formula is C14H20N2O2. The van der Waals surface area contributed by atoms with E-state index in [1.54, 1.807) is 0 Å². The van der Waals surface area contributed by atoms with Crippen LogP contribution in [0.25, 0.3) is 0 Å². The van der Waals surface area contributed by atoms with E-state index in [0.29, 0.717) is 6.54 Å². The van der Waals surface area contributed by atoms with Crippen LogP contribution in [0.5, 0.6) is 0 Å². The number of benzene rings is 1. The molecule has 1 aromatic carbocycles. The van der Waals surface area contributed by atoms with E-state index in [4.69, 9.17) is 5.11 Å². The molecule has 1 fully saturated rings. The largest absolute Gasteiger partial charge is 0.396 e. The minimum absolute atomic E-state index is 0.141. The number of aliphatic hydroxyl groups excluding tert-OH is 1. The van der Waals surface area contributed by atoms with Crippen molar-refractivity contribution in [2.24, 2.45) is 0 Å².